The molecule has 0 spiro atoms. The average molecular weight is 888 g/mol. The number of carbonyl (C=O) groups excluding carboxylic acids is 3. The molecule has 0 saturated carbocycles. The quantitative estimate of drug-likeness (QED) is 0.0259. The van der Waals surface area contributed by atoms with Gasteiger partial charge in [0, 0.05) is 19.3 Å². The van der Waals surface area contributed by atoms with Gasteiger partial charge in [-0.2, -0.15) is 0 Å². The Morgan fingerprint density at radius 3 is 1.32 bits per heavy atom. The number of nitrogens with zero attached hydrogens (tertiary/aromatic N) is 1. The Bertz CT molecular complexity index is 1130. The van der Waals surface area contributed by atoms with Crippen molar-refractivity contribution in [3.05, 3.63) is 36.5 Å². The van der Waals surface area contributed by atoms with Gasteiger partial charge in [-0.3, -0.25) is 9.59 Å². The summed E-state index contributed by atoms with van der Waals surface area (Å²) in [6.45, 7) is 4.59. The van der Waals surface area contributed by atoms with Gasteiger partial charge in [0.2, 0.25) is 0 Å². The minimum Gasteiger partial charge on any atom is -0.544 e. The van der Waals surface area contributed by atoms with Crippen molar-refractivity contribution < 1.29 is 38.2 Å². The van der Waals surface area contributed by atoms with Crippen LogP contribution in [-0.2, 0) is 28.6 Å². The van der Waals surface area contributed by atoms with Crippen LogP contribution in [0.2, 0.25) is 0 Å². The second-order valence-electron chi connectivity index (χ2n) is 19.1. The van der Waals surface area contributed by atoms with Gasteiger partial charge in [0.25, 0.3) is 0 Å². The number of esters is 2. The normalized spacial score (nSPS) is 13.1. The smallest absolute Gasteiger partial charge is 0.306 e. The number of unbranched alkanes of at least 4 members (excludes halogenated alkanes) is 28. The highest BCUT2D eigenvalue weighted by molar-refractivity contribution is 5.70. The minimum absolute atomic E-state index is 0.0439. The van der Waals surface area contributed by atoms with Crippen LogP contribution in [0.25, 0.3) is 0 Å². The lowest BCUT2D eigenvalue weighted by atomic mass is 10.0. The van der Waals surface area contributed by atoms with Gasteiger partial charge in [0.05, 0.1) is 40.3 Å². The lowest BCUT2D eigenvalue weighted by Crippen LogP contribution is -2.55. The molecule has 0 saturated heterocycles. The standard InChI is InChI=1S/C55H101NO7/c1-6-8-10-12-14-16-18-20-22-24-26-27-28-30-31-33-35-37-39-41-43-45-53(57)62-50-51(49-61-48-47-52(55(59)60)56(3,4)5)63-54(58)46-44-42-40-38-36-34-32-29-25-23-21-19-17-15-13-11-9-7-2/h8,10,14,16,20,22,51-52H,6-7,9,11-13,15,17-19,21,23-50H2,1-5H3/b10-8+,16-14+,22-20+. The van der Waals surface area contributed by atoms with E-state index in [4.69, 9.17) is 14.2 Å². The number of carboxylic acid groups (broad SMARTS) is 1. The molecule has 63 heavy (non-hydrogen) atoms. The van der Waals surface area contributed by atoms with Crippen molar-refractivity contribution in [3.63, 3.8) is 0 Å². The fourth-order valence-corrected chi connectivity index (χ4v) is 7.97. The summed E-state index contributed by atoms with van der Waals surface area (Å²) in [6, 6.07) is -0.724. The molecule has 8 nitrogen and oxygen atoms in total. The molecule has 2 unspecified atom stereocenters. The number of carbonyl (C=O) groups is 3. The Kier molecular flexibility index (Phi) is 44.3. The first-order valence-corrected chi connectivity index (χ1v) is 26.5. The van der Waals surface area contributed by atoms with E-state index in [1.54, 1.807) is 0 Å². The second-order valence-corrected chi connectivity index (χ2v) is 19.1. The first kappa shape index (κ1) is 60.5. The van der Waals surface area contributed by atoms with Crippen molar-refractivity contribution in [2.24, 2.45) is 0 Å². The molecule has 0 aromatic carbocycles. The summed E-state index contributed by atoms with van der Waals surface area (Å²) in [5.74, 6) is -1.72. The van der Waals surface area contributed by atoms with Gasteiger partial charge in [-0.25, -0.2) is 0 Å². The largest absolute Gasteiger partial charge is 0.544 e. The summed E-state index contributed by atoms with van der Waals surface area (Å²) < 4.78 is 17.3. The molecule has 368 valence electrons. The fourth-order valence-electron chi connectivity index (χ4n) is 7.97. The van der Waals surface area contributed by atoms with Crippen molar-refractivity contribution >= 4 is 17.9 Å². The third-order valence-corrected chi connectivity index (χ3v) is 12.0. The summed E-state index contributed by atoms with van der Waals surface area (Å²) in [7, 11) is 5.42. The van der Waals surface area contributed by atoms with Gasteiger partial charge < -0.3 is 28.6 Å². The molecule has 0 aromatic heterocycles. The number of rotatable bonds is 48. The number of hydrogen-bond acceptors (Lipinski definition) is 7. The van der Waals surface area contributed by atoms with E-state index in [1.165, 1.54) is 154 Å². The van der Waals surface area contributed by atoms with Crippen LogP contribution in [0.3, 0.4) is 0 Å². The third kappa shape index (κ3) is 44.5. The van der Waals surface area contributed by atoms with E-state index in [9.17, 15) is 19.5 Å². The lowest BCUT2D eigenvalue weighted by Gasteiger charge is -2.34. The first-order chi connectivity index (χ1) is 30.6. The molecule has 0 rings (SSSR count). The third-order valence-electron chi connectivity index (χ3n) is 12.0. The highest BCUT2D eigenvalue weighted by atomic mass is 16.6. The van der Waals surface area contributed by atoms with Crippen LogP contribution >= 0.6 is 0 Å². The van der Waals surface area contributed by atoms with Crippen molar-refractivity contribution in [1.82, 2.24) is 0 Å². The number of allylic oxidation sites excluding steroid dienone is 6. The molecule has 0 amide bonds. The van der Waals surface area contributed by atoms with Crippen LogP contribution in [-0.4, -0.2) is 75.5 Å². The molecule has 0 aromatic rings. The van der Waals surface area contributed by atoms with E-state index in [1.807, 2.05) is 21.1 Å². The minimum atomic E-state index is -1.12. The highest BCUT2D eigenvalue weighted by Crippen LogP contribution is 2.17. The zero-order valence-corrected chi connectivity index (χ0v) is 42.0. The molecule has 8 heteroatoms. The second kappa shape index (κ2) is 46.1. The van der Waals surface area contributed by atoms with Crippen LogP contribution < -0.4 is 5.11 Å². The summed E-state index contributed by atoms with van der Waals surface area (Å²) in [5.41, 5.74) is 0. The Labute approximate surface area is 389 Å². The Balaban J connectivity index is 4.19. The SMILES string of the molecule is CC/C=C/C/C=C/C/C=C/CCCCCCCCCCCCCC(=O)OCC(COCCC(C(=O)[O-])[N+](C)(C)C)OC(=O)CCCCCCCCCCCCCCCCCCCC. The summed E-state index contributed by atoms with van der Waals surface area (Å²) in [5, 5.41) is 11.7. The van der Waals surface area contributed by atoms with Gasteiger partial charge in [-0.15, -0.1) is 0 Å². The van der Waals surface area contributed by atoms with Gasteiger partial charge in [-0.1, -0.05) is 217 Å². The Hall–Kier alpha value is -2.45. The number of ether oxygens (including phenoxy) is 3. The van der Waals surface area contributed by atoms with E-state index in [0.29, 0.717) is 12.8 Å². The zero-order chi connectivity index (χ0) is 46.3. The maximum Gasteiger partial charge on any atom is 0.306 e. The molecule has 0 aliphatic rings. The van der Waals surface area contributed by atoms with Gasteiger partial charge in [0.1, 0.15) is 12.6 Å². The Morgan fingerprint density at radius 2 is 0.889 bits per heavy atom. The van der Waals surface area contributed by atoms with E-state index in [0.717, 1.165) is 57.8 Å². The maximum atomic E-state index is 12.8. The van der Waals surface area contributed by atoms with E-state index in [2.05, 4.69) is 50.3 Å². The molecule has 0 bridgehead atoms. The molecule has 0 N–H and O–H groups in total. The van der Waals surface area contributed by atoms with Gasteiger partial charge in [-0.05, 0) is 44.9 Å². The predicted octanol–water partition coefficient (Wildman–Crippen LogP) is 14.0. The van der Waals surface area contributed by atoms with Crippen LogP contribution in [0.15, 0.2) is 36.5 Å². The first-order valence-electron chi connectivity index (χ1n) is 26.5. The molecule has 0 aliphatic carbocycles. The van der Waals surface area contributed by atoms with Crippen molar-refractivity contribution in [2.75, 3.05) is 41.0 Å². The molecule has 0 fully saturated rings. The average Bonchev–Trinajstić information content (AvgIpc) is 3.24. The van der Waals surface area contributed by atoms with E-state index >= 15 is 0 Å². The number of aliphatic carboxylic acids is 1. The van der Waals surface area contributed by atoms with E-state index in [-0.39, 0.29) is 42.7 Å². The van der Waals surface area contributed by atoms with Gasteiger partial charge >= 0.3 is 11.9 Å². The number of quaternary nitrogens is 1. The molecular weight excluding hydrogens is 787 g/mol. The van der Waals surface area contributed by atoms with Crippen molar-refractivity contribution in [3.8, 4) is 0 Å². The molecule has 0 radical (unpaired) electrons. The zero-order valence-electron chi connectivity index (χ0n) is 42.0. The highest BCUT2D eigenvalue weighted by Gasteiger charge is 2.25. The van der Waals surface area contributed by atoms with E-state index < -0.39 is 18.1 Å². The van der Waals surface area contributed by atoms with Crippen LogP contribution in [0.1, 0.15) is 245 Å². The molecule has 0 heterocycles. The Morgan fingerprint density at radius 1 is 0.492 bits per heavy atom. The molecular formula is C55H101NO7. The predicted molar refractivity (Wildman–Crippen MR) is 263 cm³/mol. The summed E-state index contributed by atoms with van der Waals surface area (Å²) in [4.78, 5) is 37.1. The lowest BCUT2D eigenvalue weighted by molar-refractivity contribution is -0.889. The monoisotopic (exact) mass is 888 g/mol. The maximum absolute atomic E-state index is 12.8. The van der Waals surface area contributed by atoms with Gasteiger partial charge in [0.15, 0.2) is 6.10 Å². The van der Waals surface area contributed by atoms with Crippen LogP contribution in [0.4, 0.5) is 0 Å². The topological polar surface area (TPSA) is 102 Å². The number of likely N-dealkylation sites (N-methyl/N-ethyl adjacent to an activating group) is 1. The van der Waals surface area contributed by atoms with Crippen LogP contribution in [0, 0.1) is 0 Å². The summed E-state index contributed by atoms with van der Waals surface area (Å²) in [6.07, 6.45) is 54.6. The van der Waals surface area contributed by atoms with Crippen molar-refractivity contribution in [2.45, 2.75) is 257 Å². The molecule has 0 aliphatic heterocycles. The fraction of sp³-hybridized carbons (Fsp3) is 0.836. The summed E-state index contributed by atoms with van der Waals surface area (Å²) >= 11 is 0. The number of hydrogen-bond donors (Lipinski definition) is 0. The van der Waals surface area contributed by atoms with Crippen molar-refractivity contribution in [1.29, 1.82) is 0 Å². The molecule has 2 atom stereocenters. The number of carboxylic acids is 1. The van der Waals surface area contributed by atoms with Crippen LogP contribution in [0.5, 0.6) is 0 Å².